The normalized spacial score (nSPS) is 27.9. The van der Waals surface area contributed by atoms with Crippen molar-refractivity contribution in [3.63, 3.8) is 0 Å². The molecule has 2 unspecified atom stereocenters. The van der Waals surface area contributed by atoms with Crippen molar-refractivity contribution in [3.05, 3.63) is 23.2 Å². The Balaban J connectivity index is 1.83. The number of halogens is 2. The number of nitrogens with zero attached hydrogens (tertiary/aromatic N) is 1. The second-order valence-corrected chi connectivity index (χ2v) is 5.96. The summed E-state index contributed by atoms with van der Waals surface area (Å²) in [7, 11) is 0. The van der Waals surface area contributed by atoms with Gasteiger partial charge in [0.2, 0.25) is 0 Å². The number of rotatable bonds is 2. The average Bonchev–Trinajstić information content (AvgIpc) is 3.02. The van der Waals surface area contributed by atoms with E-state index in [1.807, 2.05) is 18.2 Å². The first-order valence-corrected chi connectivity index (χ1v) is 7.35. The Labute approximate surface area is 126 Å². The fourth-order valence-electron chi connectivity index (χ4n) is 2.96. The van der Waals surface area contributed by atoms with Gasteiger partial charge in [-0.3, -0.25) is 0 Å². The molecule has 0 saturated carbocycles. The van der Waals surface area contributed by atoms with Crippen molar-refractivity contribution >= 4 is 40.7 Å². The largest absolute Gasteiger partial charge is 0.465 e. The first-order chi connectivity index (χ1) is 9.54. The van der Waals surface area contributed by atoms with Gasteiger partial charge in [0.15, 0.2) is 0 Å². The summed E-state index contributed by atoms with van der Waals surface area (Å²) in [6.07, 6.45) is -0.100. The lowest BCUT2D eigenvalue weighted by molar-refractivity contribution is 0.153. The van der Waals surface area contributed by atoms with Crippen molar-refractivity contribution < 1.29 is 9.90 Å². The van der Waals surface area contributed by atoms with Gasteiger partial charge in [0.25, 0.3) is 0 Å². The standard InChI is InChI=1S/C13H15Cl2N3O2/c14-7-13(8-3-4-18(6-8)12(19)20)16-10-2-1-9(15)5-11(10)17-13/h1-2,5,8,16-17H,3-4,6-7H2,(H,19,20). The lowest BCUT2D eigenvalue weighted by atomic mass is 9.93. The average molecular weight is 316 g/mol. The zero-order valence-electron chi connectivity index (χ0n) is 10.7. The molecular weight excluding hydrogens is 301 g/mol. The van der Waals surface area contributed by atoms with E-state index in [-0.39, 0.29) is 5.92 Å². The number of benzene rings is 1. The molecule has 0 spiro atoms. The van der Waals surface area contributed by atoms with Gasteiger partial charge in [-0.1, -0.05) is 11.6 Å². The fraction of sp³-hybridized carbons (Fsp3) is 0.462. The molecule has 3 N–H and O–H groups in total. The molecule has 2 aliphatic rings. The van der Waals surface area contributed by atoms with Crippen LogP contribution in [0.1, 0.15) is 6.42 Å². The Bertz CT molecular complexity index is 554. The highest BCUT2D eigenvalue weighted by Crippen LogP contribution is 2.42. The second kappa shape index (κ2) is 4.90. The third kappa shape index (κ3) is 2.15. The predicted octanol–water partition coefficient (Wildman–Crippen LogP) is 3.11. The topological polar surface area (TPSA) is 64.6 Å². The third-order valence-corrected chi connectivity index (χ3v) is 4.72. The summed E-state index contributed by atoms with van der Waals surface area (Å²) >= 11 is 12.2. The van der Waals surface area contributed by atoms with Crippen LogP contribution in [-0.4, -0.2) is 40.7 Å². The number of carbonyl (C=O) groups is 1. The van der Waals surface area contributed by atoms with E-state index >= 15 is 0 Å². The predicted molar refractivity (Wildman–Crippen MR) is 79.9 cm³/mol. The number of alkyl halides is 1. The van der Waals surface area contributed by atoms with E-state index in [4.69, 9.17) is 28.3 Å². The minimum atomic E-state index is -0.879. The molecule has 1 aromatic rings. The summed E-state index contributed by atoms with van der Waals surface area (Å²) in [5, 5.41) is 16.5. The second-order valence-electron chi connectivity index (χ2n) is 5.26. The minimum absolute atomic E-state index is 0.113. The van der Waals surface area contributed by atoms with E-state index in [0.29, 0.717) is 24.0 Å². The summed E-state index contributed by atoms with van der Waals surface area (Å²) in [6, 6.07) is 5.57. The van der Waals surface area contributed by atoms with Gasteiger partial charge in [-0.15, -0.1) is 11.6 Å². The smallest absolute Gasteiger partial charge is 0.407 e. The van der Waals surface area contributed by atoms with Gasteiger partial charge in [0, 0.05) is 24.0 Å². The van der Waals surface area contributed by atoms with Crippen molar-refractivity contribution in [1.82, 2.24) is 4.90 Å². The molecule has 2 heterocycles. The number of hydrogen-bond donors (Lipinski definition) is 3. The molecule has 0 bridgehead atoms. The fourth-order valence-corrected chi connectivity index (χ4v) is 3.48. The Morgan fingerprint density at radius 2 is 2.20 bits per heavy atom. The molecule has 5 nitrogen and oxygen atoms in total. The van der Waals surface area contributed by atoms with Crippen LogP contribution in [0.25, 0.3) is 0 Å². The van der Waals surface area contributed by atoms with Gasteiger partial charge >= 0.3 is 6.09 Å². The maximum atomic E-state index is 11.1. The molecule has 20 heavy (non-hydrogen) atoms. The zero-order valence-corrected chi connectivity index (χ0v) is 12.2. The van der Waals surface area contributed by atoms with E-state index in [1.165, 1.54) is 4.90 Å². The van der Waals surface area contributed by atoms with E-state index < -0.39 is 11.8 Å². The molecule has 0 aliphatic carbocycles. The summed E-state index contributed by atoms with van der Waals surface area (Å²) in [6.45, 7) is 1.02. The molecule has 1 saturated heterocycles. The number of anilines is 2. The van der Waals surface area contributed by atoms with E-state index in [9.17, 15) is 4.79 Å². The van der Waals surface area contributed by atoms with Crippen LogP contribution in [0.3, 0.4) is 0 Å². The summed E-state index contributed by atoms with van der Waals surface area (Å²) in [5.74, 6) is 0.458. The Kier molecular flexibility index (Phi) is 3.34. The van der Waals surface area contributed by atoms with Crippen molar-refractivity contribution in [2.75, 3.05) is 29.6 Å². The van der Waals surface area contributed by atoms with Crippen molar-refractivity contribution in [1.29, 1.82) is 0 Å². The van der Waals surface area contributed by atoms with Crippen molar-refractivity contribution in [3.8, 4) is 0 Å². The lowest BCUT2D eigenvalue weighted by Crippen LogP contribution is -2.52. The summed E-state index contributed by atoms with van der Waals surface area (Å²) in [5.41, 5.74) is 1.34. The molecule has 3 rings (SSSR count). The molecule has 0 radical (unpaired) electrons. The first-order valence-electron chi connectivity index (χ1n) is 6.44. The van der Waals surface area contributed by atoms with Crippen molar-refractivity contribution in [2.24, 2.45) is 5.92 Å². The molecule has 1 aromatic carbocycles. The quantitative estimate of drug-likeness (QED) is 0.734. The molecule has 1 fully saturated rings. The highest BCUT2D eigenvalue weighted by molar-refractivity contribution is 6.31. The molecule has 1 amide bonds. The monoisotopic (exact) mass is 315 g/mol. The van der Waals surface area contributed by atoms with Gasteiger partial charge in [0.05, 0.1) is 17.3 Å². The van der Waals surface area contributed by atoms with Gasteiger partial charge < -0.3 is 20.6 Å². The summed E-state index contributed by atoms with van der Waals surface area (Å²) in [4.78, 5) is 12.5. The van der Waals surface area contributed by atoms with Crippen LogP contribution >= 0.6 is 23.2 Å². The SMILES string of the molecule is O=C(O)N1CCC(C2(CCl)Nc3ccc(Cl)cc3N2)C1. The number of likely N-dealkylation sites (tertiary alicyclic amines) is 1. The third-order valence-electron chi connectivity index (χ3n) is 4.06. The van der Waals surface area contributed by atoms with Gasteiger partial charge in [0.1, 0.15) is 5.66 Å². The Morgan fingerprint density at radius 3 is 2.85 bits per heavy atom. The van der Waals surface area contributed by atoms with E-state index in [1.54, 1.807) is 0 Å². The Morgan fingerprint density at radius 1 is 1.45 bits per heavy atom. The van der Waals surface area contributed by atoms with Crippen LogP contribution in [-0.2, 0) is 0 Å². The molecule has 2 aliphatic heterocycles. The minimum Gasteiger partial charge on any atom is -0.465 e. The first kappa shape index (κ1) is 13.6. The van der Waals surface area contributed by atoms with Crippen molar-refractivity contribution in [2.45, 2.75) is 12.1 Å². The highest BCUT2D eigenvalue weighted by atomic mass is 35.5. The van der Waals surface area contributed by atoms with Crippen LogP contribution in [0, 0.1) is 5.92 Å². The van der Waals surface area contributed by atoms with Crippen LogP contribution in [0.15, 0.2) is 18.2 Å². The number of fused-ring (bicyclic) bond motifs is 1. The number of hydrogen-bond acceptors (Lipinski definition) is 3. The van der Waals surface area contributed by atoms with E-state index in [2.05, 4.69) is 10.6 Å². The molecule has 0 aromatic heterocycles. The van der Waals surface area contributed by atoms with Crippen LogP contribution in [0.5, 0.6) is 0 Å². The van der Waals surface area contributed by atoms with Gasteiger partial charge in [-0.25, -0.2) is 4.79 Å². The van der Waals surface area contributed by atoms with Crippen LogP contribution in [0.2, 0.25) is 5.02 Å². The molecule has 108 valence electrons. The maximum Gasteiger partial charge on any atom is 0.407 e. The molecule has 7 heteroatoms. The van der Waals surface area contributed by atoms with E-state index in [0.717, 1.165) is 17.8 Å². The molecular formula is C13H15Cl2N3O2. The van der Waals surface area contributed by atoms with Gasteiger partial charge in [-0.05, 0) is 24.6 Å². The number of amides is 1. The van der Waals surface area contributed by atoms with Crippen LogP contribution in [0.4, 0.5) is 16.2 Å². The molecule has 2 atom stereocenters. The highest BCUT2D eigenvalue weighted by Gasteiger charge is 2.46. The lowest BCUT2D eigenvalue weighted by Gasteiger charge is -2.34. The number of nitrogens with one attached hydrogen (secondary N) is 2. The maximum absolute atomic E-state index is 11.1. The Hall–Kier alpha value is -1.33. The van der Waals surface area contributed by atoms with Crippen LogP contribution < -0.4 is 10.6 Å². The van der Waals surface area contributed by atoms with Gasteiger partial charge in [-0.2, -0.15) is 0 Å². The zero-order chi connectivity index (χ0) is 14.3. The summed E-state index contributed by atoms with van der Waals surface area (Å²) < 4.78 is 0. The number of carboxylic acid groups (broad SMARTS) is 1.